The van der Waals surface area contributed by atoms with Crippen LogP contribution in [0.4, 0.5) is 5.69 Å². The molecule has 2 saturated heterocycles. The minimum Gasteiger partial charge on any atom is -0.395 e. The van der Waals surface area contributed by atoms with Gasteiger partial charge < -0.3 is 16.0 Å². The number of nitrogens with two attached hydrogens (primary N) is 1. The Hall–Kier alpha value is -1.56. The van der Waals surface area contributed by atoms with Crippen LogP contribution in [0.5, 0.6) is 0 Å². The number of carbonyl (C=O) groups is 1. The number of amides is 1. The van der Waals surface area contributed by atoms with E-state index in [4.69, 9.17) is 5.73 Å². The number of piperidine rings is 1. The van der Waals surface area contributed by atoms with Crippen molar-refractivity contribution in [3.8, 4) is 0 Å². The fourth-order valence-electron chi connectivity index (χ4n) is 3.84. The fourth-order valence-corrected chi connectivity index (χ4v) is 3.84. The number of nitrogen functional groups attached to an aromatic ring is 1. The Kier molecular flexibility index (Phi) is 3.89. The molecule has 0 saturated carbocycles. The Morgan fingerprint density at radius 2 is 2.10 bits per heavy atom. The van der Waals surface area contributed by atoms with Gasteiger partial charge in [0.2, 0.25) is 0 Å². The summed E-state index contributed by atoms with van der Waals surface area (Å²) in [6.07, 6.45) is 5.73. The highest BCUT2D eigenvalue weighted by Crippen LogP contribution is 2.37. The van der Waals surface area contributed by atoms with Crippen LogP contribution in [0.25, 0.3) is 0 Å². The number of aromatic amines is 1. The van der Waals surface area contributed by atoms with Crippen molar-refractivity contribution in [1.29, 1.82) is 0 Å². The van der Waals surface area contributed by atoms with Crippen molar-refractivity contribution in [2.45, 2.75) is 51.1 Å². The van der Waals surface area contributed by atoms with E-state index in [-0.39, 0.29) is 5.91 Å². The molecule has 2 bridgehead atoms. The summed E-state index contributed by atoms with van der Waals surface area (Å²) in [5.41, 5.74) is 7.59. The van der Waals surface area contributed by atoms with Gasteiger partial charge in [-0.25, -0.2) is 0 Å². The van der Waals surface area contributed by atoms with Gasteiger partial charge in [0, 0.05) is 18.6 Å². The van der Waals surface area contributed by atoms with Gasteiger partial charge in [-0.2, -0.15) is 5.10 Å². The molecule has 0 spiro atoms. The lowest BCUT2D eigenvalue weighted by atomic mass is 9.91. The Labute approximate surface area is 125 Å². The zero-order valence-electron chi connectivity index (χ0n) is 12.9. The number of aromatic nitrogens is 2. The van der Waals surface area contributed by atoms with Crippen molar-refractivity contribution < 1.29 is 4.79 Å². The maximum atomic E-state index is 12.2. The number of hydrogen-bond acceptors (Lipinski definition) is 4. The minimum absolute atomic E-state index is 0.158. The molecule has 3 rings (SSSR count). The van der Waals surface area contributed by atoms with Gasteiger partial charge in [-0.05, 0) is 45.1 Å². The van der Waals surface area contributed by atoms with Crippen LogP contribution in [-0.4, -0.2) is 46.7 Å². The summed E-state index contributed by atoms with van der Waals surface area (Å²) in [5, 5.41) is 9.87. The van der Waals surface area contributed by atoms with E-state index in [0.717, 1.165) is 18.7 Å². The maximum absolute atomic E-state index is 12.2. The van der Waals surface area contributed by atoms with E-state index in [1.54, 1.807) is 0 Å². The smallest absolute Gasteiger partial charge is 0.273 e. The summed E-state index contributed by atoms with van der Waals surface area (Å²) in [6, 6.07) is 1.40. The molecule has 1 amide bonds. The Morgan fingerprint density at radius 3 is 2.67 bits per heavy atom. The lowest BCUT2D eigenvalue weighted by Crippen LogP contribution is -2.43. The monoisotopic (exact) mass is 291 g/mol. The van der Waals surface area contributed by atoms with Crippen LogP contribution < -0.4 is 11.1 Å². The second-order valence-electron chi connectivity index (χ2n) is 6.42. The van der Waals surface area contributed by atoms with E-state index in [1.165, 1.54) is 25.7 Å². The van der Waals surface area contributed by atoms with Gasteiger partial charge in [0.1, 0.15) is 0 Å². The molecule has 21 heavy (non-hydrogen) atoms. The molecule has 1 aromatic rings. The van der Waals surface area contributed by atoms with Crippen LogP contribution in [0.2, 0.25) is 0 Å². The van der Waals surface area contributed by atoms with Gasteiger partial charge in [-0.3, -0.25) is 9.89 Å². The summed E-state index contributed by atoms with van der Waals surface area (Å²) in [6.45, 7) is 2.72. The summed E-state index contributed by atoms with van der Waals surface area (Å²) < 4.78 is 0. The van der Waals surface area contributed by atoms with Crippen molar-refractivity contribution in [2.75, 3.05) is 19.3 Å². The molecule has 2 aliphatic rings. The third kappa shape index (κ3) is 2.64. The molecule has 3 heterocycles. The first-order valence-corrected chi connectivity index (χ1v) is 7.93. The largest absolute Gasteiger partial charge is 0.395 e. The van der Waals surface area contributed by atoms with Crippen molar-refractivity contribution in [2.24, 2.45) is 5.92 Å². The first kappa shape index (κ1) is 14.4. The Balaban J connectivity index is 1.55. The highest BCUT2D eigenvalue weighted by atomic mass is 16.1. The minimum atomic E-state index is -0.158. The second kappa shape index (κ2) is 5.67. The predicted molar refractivity (Wildman–Crippen MR) is 82.0 cm³/mol. The summed E-state index contributed by atoms with van der Waals surface area (Å²) >= 11 is 0. The van der Waals surface area contributed by atoms with Gasteiger partial charge in [-0.1, -0.05) is 6.92 Å². The van der Waals surface area contributed by atoms with E-state index in [9.17, 15) is 4.79 Å². The number of carbonyl (C=O) groups excluding carboxylic acids is 1. The Morgan fingerprint density at radius 1 is 1.43 bits per heavy atom. The third-order valence-electron chi connectivity index (χ3n) is 5.20. The highest BCUT2D eigenvalue weighted by molar-refractivity contribution is 5.97. The lowest BCUT2D eigenvalue weighted by Gasteiger charge is -2.36. The standard InChI is InChI=1S/C15H25N5O/c1-3-12-13(16)14(19-18-12)15(21)17-8-9-6-10-4-5-11(7-9)20(10)2/h9-11H,3-8,16H2,1-2H3,(H,17,21)(H,18,19). The van der Waals surface area contributed by atoms with Crippen LogP contribution in [0.1, 0.15) is 48.8 Å². The molecule has 1 aromatic heterocycles. The van der Waals surface area contributed by atoms with Crippen LogP contribution in [0.15, 0.2) is 0 Å². The number of nitrogens with one attached hydrogen (secondary N) is 2. The molecule has 4 N–H and O–H groups in total. The average Bonchev–Trinajstić information content (AvgIpc) is 2.92. The SMILES string of the molecule is CCc1[nH]nc(C(=O)NCC2CC3CCC(C2)N3C)c1N. The molecular weight excluding hydrogens is 266 g/mol. The van der Waals surface area contributed by atoms with Gasteiger partial charge in [0.05, 0.1) is 11.4 Å². The lowest BCUT2D eigenvalue weighted by molar-refractivity contribution is 0.0913. The first-order valence-electron chi connectivity index (χ1n) is 7.93. The molecule has 6 heteroatoms. The molecule has 2 fully saturated rings. The van der Waals surface area contributed by atoms with E-state index in [2.05, 4.69) is 27.5 Å². The zero-order chi connectivity index (χ0) is 15.0. The van der Waals surface area contributed by atoms with Crippen molar-refractivity contribution >= 4 is 11.6 Å². The predicted octanol–water partition coefficient (Wildman–Crippen LogP) is 1.16. The molecule has 0 aromatic carbocycles. The van der Waals surface area contributed by atoms with Crippen molar-refractivity contribution in [3.63, 3.8) is 0 Å². The van der Waals surface area contributed by atoms with E-state index < -0.39 is 0 Å². The number of H-pyrrole nitrogens is 1. The van der Waals surface area contributed by atoms with Gasteiger partial charge in [0.25, 0.3) is 5.91 Å². The van der Waals surface area contributed by atoms with Crippen LogP contribution >= 0.6 is 0 Å². The highest BCUT2D eigenvalue weighted by Gasteiger charge is 2.38. The van der Waals surface area contributed by atoms with E-state index in [0.29, 0.717) is 29.4 Å². The van der Waals surface area contributed by atoms with Crippen LogP contribution in [0.3, 0.4) is 0 Å². The van der Waals surface area contributed by atoms with Crippen LogP contribution in [-0.2, 0) is 6.42 Å². The molecule has 2 unspecified atom stereocenters. The summed E-state index contributed by atoms with van der Waals surface area (Å²) in [5.74, 6) is 0.420. The quantitative estimate of drug-likeness (QED) is 0.777. The number of hydrogen-bond donors (Lipinski definition) is 3. The topological polar surface area (TPSA) is 87.0 Å². The number of aryl methyl sites for hydroxylation is 1. The molecular formula is C15H25N5O. The second-order valence-corrected chi connectivity index (χ2v) is 6.42. The summed E-state index contributed by atoms with van der Waals surface area (Å²) in [4.78, 5) is 14.7. The normalized spacial score (nSPS) is 28.8. The maximum Gasteiger partial charge on any atom is 0.273 e. The van der Waals surface area contributed by atoms with Gasteiger partial charge >= 0.3 is 0 Å². The molecule has 0 radical (unpaired) electrons. The third-order valence-corrected chi connectivity index (χ3v) is 5.20. The average molecular weight is 291 g/mol. The first-order chi connectivity index (χ1) is 10.1. The van der Waals surface area contributed by atoms with Gasteiger partial charge in [-0.15, -0.1) is 0 Å². The van der Waals surface area contributed by atoms with Gasteiger partial charge in [0.15, 0.2) is 5.69 Å². The summed E-state index contributed by atoms with van der Waals surface area (Å²) in [7, 11) is 2.23. The molecule has 6 nitrogen and oxygen atoms in total. The Bertz CT molecular complexity index is 512. The molecule has 2 atom stereocenters. The number of anilines is 1. The van der Waals surface area contributed by atoms with E-state index >= 15 is 0 Å². The van der Waals surface area contributed by atoms with Crippen LogP contribution in [0, 0.1) is 5.92 Å². The van der Waals surface area contributed by atoms with E-state index in [1.807, 2.05) is 6.92 Å². The molecule has 116 valence electrons. The molecule has 0 aliphatic carbocycles. The number of fused-ring (bicyclic) bond motifs is 2. The zero-order valence-corrected chi connectivity index (χ0v) is 12.9. The fraction of sp³-hybridized carbons (Fsp3) is 0.733. The van der Waals surface area contributed by atoms with Crippen molar-refractivity contribution in [1.82, 2.24) is 20.4 Å². The van der Waals surface area contributed by atoms with Crippen molar-refractivity contribution in [3.05, 3.63) is 11.4 Å². The number of rotatable bonds is 4. The molecule has 2 aliphatic heterocycles. The number of nitrogens with zero attached hydrogens (tertiary/aromatic N) is 2.